The molecule has 0 aliphatic carbocycles. The van der Waals surface area contributed by atoms with Crippen LogP contribution in [0.5, 0.6) is 0 Å². The number of hydrogen-bond donors (Lipinski definition) is 2. The summed E-state index contributed by atoms with van der Waals surface area (Å²) in [5.41, 5.74) is 8.23. The lowest BCUT2D eigenvalue weighted by Crippen LogP contribution is -2.35. The largest absolute Gasteiger partial charge is 0.378 e. The molecule has 3 heteroatoms. The monoisotopic (exact) mass is 259 g/mol. The smallest absolute Gasteiger partial charge is 0.0692 e. The van der Waals surface area contributed by atoms with Gasteiger partial charge in [-0.1, -0.05) is 31.4 Å². The Kier molecular flexibility index (Phi) is 6.41. The first-order chi connectivity index (χ1) is 9.12. The minimum absolute atomic E-state index is 0.0899. The van der Waals surface area contributed by atoms with Gasteiger partial charge in [0.05, 0.1) is 6.04 Å². The van der Waals surface area contributed by atoms with Crippen LogP contribution in [0, 0.1) is 12.3 Å². The van der Waals surface area contributed by atoms with E-state index >= 15 is 0 Å². The molecular weight excluding hydrogens is 234 g/mol. The Morgan fingerprint density at radius 2 is 1.95 bits per heavy atom. The summed E-state index contributed by atoms with van der Waals surface area (Å²) in [5, 5.41) is 3.44. The molecule has 1 rings (SSSR count). The molecule has 0 aliphatic rings. The third kappa shape index (κ3) is 4.59. The average molecular weight is 259 g/mol. The van der Waals surface area contributed by atoms with Gasteiger partial charge in [0.1, 0.15) is 0 Å². The van der Waals surface area contributed by atoms with E-state index in [1.807, 2.05) is 14.1 Å². The van der Waals surface area contributed by atoms with Gasteiger partial charge in [0, 0.05) is 32.4 Å². The van der Waals surface area contributed by atoms with Crippen molar-refractivity contribution in [3.63, 3.8) is 0 Å². The van der Waals surface area contributed by atoms with Crippen LogP contribution in [0.25, 0.3) is 0 Å². The number of nitrogens with one attached hydrogen (secondary N) is 1. The SMILES string of the molecule is C#CC(CCC)NC(CN)c1ccc(N(C)C)cc1. The molecule has 104 valence electrons. The molecule has 0 saturated carbocycles. The third-order valence-corrected chi connectivity index (χ3v) is 3.23. The summed E-state index contributed by atoms with van der Waals surface area (Å²) in [6, 6.07) is 8.63. The topological polar surface area (TPSA) is 41.3 Å². The van der Waals surface area contributed by atoms with E-state index in [0.717, 1.165) is 12.8 Å². The molecular formula is C16H25N3. The summed E-state index contributed by atoms with van der Waals surface area (Å²) in [5.74, 6) is 2.79. The highest BCUT2D eigenvalue weighted by atomic mass is 15.1. The minimum atomic E-state index is 0.0899. The lowest BCUT2D eigenvalue weighted by atomic mass is 10.0. The highest BCUT2D eigenvalue weighted by molar-refractivity contribution is 5.46. The van der Waals surface area contributed by atoms with Crippen molar-refractivity contribution >= 4 is 5.69 Å². The standard InChI is InChI=1S/C16H25N3/c1-5-7-14(6-2)18-16(12-17)13-8-10-15(11-9-13)19(3)4/h2,8-11,14,16,18H,5,7,12,17H2,1,3-4H3. The number of nitrogens with two attached hydrogens (primary N) is 1. The summed E-state index contributed by atoms with van der Waals surface area (Å²) in [7, 11) is 4.06. The fourth-order valence-electron chi connectivity index (χ4n) is 2.05. The Balaban J connectivity index is 2.76. The molecule has 2 atom stereocenters. The fraction of sp³-hybridized carbons (Fsp3) is 0.500. The second kappa shape index (κ2) is 7.83. The van der Waals surface area contributed by atoms with Crippen LogP contribution < -0.4 is 16.0 Å². The van der Waals surface area contributed by atoms with Gasteiger partial charge in [0.15, 0.2) is 0 Å². The molecule has 0 heterocycles. The van der Waals surface area contributed by atoms with Gasteiger partial charge >= 0.3 is 0 Å². The summed E-state index contributed by atoms with van der Waals surface area (Å²) < 4.78 is 0. The molecule has 0 bridgehead atoms. The number of rotatable bonds is 7. The van der Waals surface area contributed by atoms with Crippen molar-refractivity contribution in [1.82, 2.24) is 5.32 Å². The first-order valence-electron chi connectivity index (χ1n) is 6.81. The number of hydrogen-bond acceptors (Lipinski definition) is 3. The lowest BCUT2D eigenvalue weighted by molar-refractivity contribution is 0.475. The molecule has 0 fully saturated rings. The molecule has 2 unspecified atom stereocenters. The van der Waals surface area contributed by atoms with Gasteiger partial charge in [0.25, 0.3) is 0 Å². The summed E-state index contributed by atoms with van der Waals surface area (Å²) >= 11 is 0. The van der Waals surface area contributed by atoms with Gasteiger partial charge in [-0.05, 0) is 24.1 Å². The van der Waals surface area contributed by atoms with Crippen molar-refractivity contribution in [3.05, 3.63) is 29.8 Å². The minimum Gasteiger partial charge on any atom is -0.378 e. The Morgan fingerprint density at radius 3 is 2.37 bits per heavy atom. The van der Waals surface area contributed by atoms with Gasteiger partial charge < -0.3 is 10.6 Å². The van der Waals surface area contributed by atoms with Crippen molar-refractivity contribution < 1.29 is 0 Å². The zero-order valence-electron chi connectivity index (χ0n) is 12.2. The molecule has 0 radical (unpaired) electrons. The maximum absolute atomic E-state index is 5.86. The van der Waals surface area contributed by atoms with E-state index in [1.165, 1.54) is 11.3 Å². The van der Waals surface area contributed by atoms with E-state index in [2.05, 4.69) is 47.3 Å². The summed E-state index contributed by atoms with van der Waals surface area (Å²) in [4.78, 5) is 2.08. The second-order valence-electron chi connectivity index (χ2n) is 4.95. The van der Waals surface area contributed by atoms with Crippen molar-refractivity contribution in [2.45, 2.75) is 31.8 Å². The predicted octanol–water partition coefficient (Wildman–Crippen LogP) is 2.14. The first-order valence-corrected chi connectivity index (χ1v) is 6.81. The van der Waals surface area contributed by atoms with Gasteiger partial charge in [0.2, 0.25) is 0 Å². The van der Waals surface area contributed by atoms with Crippen molar-refractivity contribution in [2.75, 3.05) is 25.5 Å². The molecule has 0 saturated heterocycles. The van der Waals surface area contributed by atoms with Crippen LogP contribution in [0.15, 0.2) is 24.3 Å². The molecule has 1 aromatic rings. The number of benzene rings is 1. The van der Waals surface area contributed by atoms with E-state index in [4.69, 9.17) is 12.2 Å². The molecule has 0 amide bonds. The van der Waals surface area contributed by atoms with E-state index in [0.29, 0.717) is 6.54 Å². The maximum atomic E-state index is 5.86. The highest BCUT2D eigenvalue weighted by Crippen LogP contribution is 2.18. The molecule has 3 N–H and O–H groups in total. The van der Waals surface area contributed by atoms with Crippen molar-refractivity contribution in [1.29, 1.82) is 0 Å². The van der Waals surface area contributed by atoms with Crippen LogP contribution in [0.4, 0.5) is 5.69 Å². The molecule has 1 aromatic carbocycles. The predicted molar refractivity (Wildman–Crippen MR) is 83.2 cm³/mol. The highest BCUT2D eigenvalue weighted by Gasteiger charge is 2.13. The molecule has 19 heavy (non-hydrogen) atoms. The van der Waals surface area contributed by atoms with Crippen molar-refractivity contribution in [3.8, 4) is 12.3 Å². The Morgan fingerprint density at radius 1 is 1.32 bits per heavy atom. The lowest BCUT2D eigenvalue weighted by Gasteiger charge is -2.22. The fourth-order valence-corrected chi connectivity index (χ4v) is 2.05. The first kappa shape index (κ1) is 15.6. The normalized spacial score (nSPS) is 13.6. The average Bonchev–Trinajstić information content (AvgIpc) is 2.43. The second-order valence-corrected chi connectivity index (χ2v) is 4.95. The van der Waals surface area contributed by atoms with Gasteiger partial charge in [-0.3, -0.25) is 5.32 Å². The Labute approximate surface area is 117 Å². The Bertz CT molecular complexity index is 403. The zero-order chi connectivity index (χ0) is 14.3. The molecule has 0 spiro atoms. The van der Waals surface area contributed by atoms with Crippen LogP contribution in [0.2, 0.25) is 0 Å². The molecule has 0 aromatic heterocycles. The van der Waals surface area contributed by atoms with Crippen LogP contribution in [0.3, 0.4) is 0 Å². The third-order valence-electron chi connectivity index (χ3n) is 3.23. The van der Waals surface area contributed by atoms with E-state index in [1.54, 1.807) is 0 Å². The summed E-state index contributed by atoms with van der Waals surface area (Å²) in [6.45, 7) is 2.68. The zero-order valence-corrected chi connectivity index (χ0v) is 12.2. The van der Waals surface area contributed by atoms with Gasteiger partial charge in [-0.2, -0.15) is 0 Å². The number of terminal acetylenes is 1. The van der Waals surface area contributed by atoms with Gasteiger partial charge in [-0.15, -0.1) is 6.42 Å². The van der Waals surface area contributed by atoms with E-state index < -0.39 is 0 Å². The van der Waals surface area contributed by atoms with Crippen LogP contribution in [0.1, 0.15) is 31.4 Å². The molecule has 3 nitrogen and oxygen atoms in total. The van der Waals surface area contributed by atoms with Crippen LogP contribution >= 0.6 is 0 Å². The number of nitrogens with zero attached hydrogens (tertiary/aromatic N) is 1. The Hall–Kier alpha value is -1.50. The molecule has 0 aliphatic heterocycles. The van der Waals surface area contributed by atoms with Crippen LogP contribution in [-0.2, 0) is 0 Å². The van der Waals surface area contributed by atoms with Gasteiger partial charge in [-0.25, -0.2) is 0 Å². The quantitative estimate of drug-likeness (QED) is 0.737. The summed E-state index contributed by atoms with van der Waals surface area (Å²) in [6.07, 6.45) is 7.59. The van der Waals surface area contributed by atoms with E-state index in [-0.39, 0.29) is 12.1 Å². The van der Waals surface area contributed by atoms with E-state index in [9.17, 15) is 0 Å². The maximum Gasteiger partial charge on any atom is 0.0692 e. The van der Waals surface area contributed by atoms with Crippen LogP contribution in [-0.4, -0.2) is 26.7 Å². The van der Waals surface area contributed by atoms with Crippen molar-refractivity contribution in [2.24, 2.45) is 5.73 Å². The number of anilines is 1.